The minimum atomic E-state index is -0.715. The van der Waals surface area contributed by atoms with E-state index in [9.17, 15) is 13.6 Å². The average molecular weight is 299 g/mol. The molecule has 0 aliphatic rings. The first kappa shape index (κ1) is 14.7. The number of hydrogen-bond acceptors (Lipinski definition) is 2. The lowest BCUT2D eigenvalue weighted by Crippen LogP contribution is -2.09. The van der Waals surface area contributed by atoms with Crippen molar-refractivity contribution in [3.05, 3.63) is 51.8 Å². The van der Waals surface area contributed by atoms with Crippen LogP contribution in [-0.4, -0.2) is 15.6 Å². The summed E-state index contributed by atoms with van der Waals surface area (Å²) in [6.45, 7) is 1.76. The van der Waals surface area contributed by atoms with Gasteiger partial charge in [0.2, 0.25) is 0 Å². The lowest BCUT2D eigenvalue weighted by molar-refractivity contribution is -0.117. The number of rotatable bonds is 4. The van der Waals surface area contributed by atoms with Gasteiger partial charge < -0.3 is 0 Å². The van der Waals surface area contributed by atoms with Crippen molar-refractivity contribution in [2.45, 2.75) is 19.8 Å². The standard InChI is InChI=1S/C14H13ClF2N2O/c1-8-12(14(15)19(2)18-8)7-11(20)5-9-3-4-10(16)6-13(9)17/h3-4,6H,5,7H2,1-2H3. The molecule has 2 rings (SSSR count). The van der Waals surface area contributed by atoms with Crippen molar-refractivity contribution >= 4 is 17.4 Å². The first-order chi connectivity index (χ1) is 9.38. The third-order valence-electron chi connectivity index (χ3n) is 3.05. The maximum atomic E-state index is 13.5. The molecular weight excluding hydrogens is 286 g/mol. The van der Waals surface area contributed by atoms with Crippen molar-refractivity contribution in [2.75, 3.05) is 0 Å². The molecule has 1 aromatic carbocycles. The van der Waals surface area contributed by atoms with Gasteiger partial charge in [0, 0.05) is 31.5 Å². The molecule has 0 fully saturated rings. The van der Waals surface area contributed by atoms with Gasteiger partial charge in [-0.05, 0) is 18.6 Å². The number of Topliss-reactive ketones (excluding diaryl/α,β-unsaturated/α-hetero) is 1. The maximum absolute atomic E-state index is 13.5. The van der Waals surface area contributed by atoms with Crippen molar-refractivity contribution in [3.8, 4) is 0 Å². The molecule has 1 heterocycles. The van der Waals surface area contributed by atoms with Gasteiger partial charge in [-0.2, -0.15) is 5.10 Å². The van der Waals surface area contributed by atoms with Crippen LogP contribution in [0.3, 0.4) is 0 Å². The monoisotopic (exact) mass is 298 g/mol. The highest BCUT2D eigenvalue weighted by Gasteiger charge is 2.16. The number of carbonyl (C=O) groups is 1. The van der Waals surface area contributed by atoms with Gasteiger partial charge in [-0.15, -0.1) is 0 Å². The Morgan fingerprint density at radius 1 is 1.35 bits per heavy atom. The van der Waals surface area contributed by atoms with E-state index in [1.807, 2.05) is 0 Å². The smallest absolute Gasteiger partial charge is 0.141 e. The predicted octanol–water partition coefficient (Wildman–Crippen LogP) is 3.01. The van der Waals surface area contributed by atoms with E-state index < -0.39 is 11.6 Å². The molecule has 106 valence electrons. The second-order valence-electron chi connectivity index (χ2n) is 4.61. The Morgan fingerprint density at radius 2 is 2.05 bits per heavy atom. The zero-order valence-corrected chi connectivity index (χ0v) is 11.8. The normalized spacial score (nSPS) is 10.8. The first-order valence-corrected chi connectivity index (χ1v) is 6.40. The van der Waals surface area contributed by atoms with Crippen molar-refractivity contribution < 1.29 is 13.6 Å². The van der Waals surface area contributed by atoms with Crippen LogP contribution < -0.4 is 0 Å². The van der Waals surface area contributed by atoms with Crippen LogP contribution in [-0.2, 0) is 24.7 Å². The number of halogens is 3. The van der Waals surface area contributed by atoms with Gasteiger partial charge in [0.1, 0.15) is 22.6 Å². The van der Waals surface area contributed by atoms with E-state index in [1.165, 1.54) is 10.7 Å². The highest BCUT2D eigenvalue weighted by molar-refractivity contribution is 6.30. The number of benzene rings is 1. The van der Waals surface area contributed by atoms with Crippen LogP contribution >= 0.6 is 11.6 Å². The van der Waals surface area contributed by atoms with E-state index in [2.05, 4.69) is 5.10 Å². The van der Waals surface area contributed by atoms with Gasteiger partial charge in [0.25, 0.3) is 0 Å². The molecule has 1 aromatic heterocycles. The first-order valence-electron chi connectivity index (χ1n) is 6.02. The quantitative estimate of drug-likeness (QED) is 0.869. The van der Waals surface area contributed by atoms with Crippen molar-refractivity contribution in [2.24, 2.45) is 7.05 Å². The molecule has 0 saturated carbocycles. The molecule has 20 heavy (non-hydrogen) atoms. The number of ketones is 1. The van der Waals surface area contributed by atoms with Crippen LogP contribution in [0.15, 0.2) is 18.2 Å². The van der Waals surface area contributed by atoms with E-state index in [0.29, 0.717) is 16.4 Å². The highest BCUT2D eigenvalue weighted by Crippen LogP contribution is 2.20. The molecule has 0 bridgehead atoms. The van der Waals surface area contributed by atoms with Gasteiger partial charge in [-0.1, -0.05) is 17.7 Å². The van der Waals surface area contributed by atoms with Gasteiger partial charge in [-0.25, -0.2) is 8.78 Å². The van der Waals surface area contributed by atoms with Crippen LogP contribution in [0.2, 0.25) is 5.15 Å². The SMILES string of the molecule is Cc1nn(C)c(Cl)c1CC(=O)Cc1ccc(F)cc1F. The number of nitrogens with zero attached hydrogens (tertiary/aromatic N) is 2. The zero-order valence-electron chi connectivity index (χ0n) is 11.1. The zero-order chi connectivity index (χ0) is 14.9. The fraction of sp³-hybridized carbons (Fsp3) is 0.286. The fourth-order valence-electron chi connectivity index (χ4n) is 2.01. The molecule has 0 aliphatic carbocycles. The second-order valence-corrected chi connectivity index (χ2v) is 4.96. The summed E-state index contributed by atoms with van der Waals surface area (Å²) in [5, 5.41) is 4.51. The van der Waals surface area contributed by atoms with E-state index >= 15 is 0 Å². The van der Waals surface area contributed by atoms with Crippen LogP contribution in [0.1, 0.15) is 16.8 Å². The number of carbonyl (C=O) groups excluding carboxylic acids is 1. The van der Waals surface area contributed by atoms with Crippen LogP contribution in [0.25, 0.3) is 0 Å². The summed E-state index contributed by atoms with van der Waals surface area (Å²) in [5.41, 5.74) is 1.49. The minimum Gasteiger partial charge on any atom is -0.299 e. The summed E-state index contributed by atoms with van der Waals surface area (Å²) < 4.78 is 27.7. The summed E-state index contributed by atoms with van der Waals surface area (Å²) in [6, 6.07) is 3.18. The Balaban J connectivity index is 2.13. The molecule has 3 nitrogen and oxygen atoms in total. The van der Waals surface area contributed by atoms with E-state index in [0.717, 1.165) is 12.1 Å². The Kier molecular flexibility index (Phi) is 4.18. The Labute approximate surface area is 120 Å². The largest absolute Gasteiger partial charge is 0.299 e. The van der Waals surface area contributed by atoms with E-state index in [1.54, 1.807) is 14.0 Å². The molecule has 0 amide bonds. The van der Waals surface area contributed by atoms with Crippen LogP contribution in [0, 0.1) is 18.6 Å². The lowest BCUT2D eigenvalue weighted by atomic mass is 10.0. The van der Waals surface area contributed by atoms with Crippen LogP contribution in [0.5, 0.6) is 0 Å². The molecule has 0 saturated heterocycles. The predicted molar refractivity (Wildman–Crippen MR) is 71.7 cm³/mol. The summed E-state index contributed by atoms with van der Waals surface area (Å²) in [7, 11) is 1.68. The molecule has 0 radical (unpaired) electrons. The van der Waals surface area contributed by atoms with Crippen LogP contribution in [0.4, 0.5) is 8.78 Å². The molecule has 0 N–H and O–H groups in total. The minimum absolute atomic E-state index is 0.0787. The summed E-state index contributed by atoms with van der Waals surface area (Å²) in [6.07, 6.45) is -0.0217. The molecule has 0 unspecified atom stereocenters. The van der Waals surface area contributed by atoms with Gasteiger partial charge in [0.05, 0.1) is 5.69 Å². The second kappa shape index (κ2) is 5.71. The molecule has 0 atom stereocenters. The van der Waals surface area contributed by atoms with Gasteiger partial charge in [-0.3, -0.25) is 9.48 Å². The van der Waals surface area contributed by atoms with Crippen molar-refractivity contribution in [1.29, 1.82) is 0 Å². The molecule has 6 heteroatoms. The third kappa shape index (κ3) is 3.04. The molecule has 0 aliphatic heterocycles. The number of aryl methyl sites for hydroxylation is 2. The average Bonchev–Trinajstić information content (AvgIpc) is 2.60. The fourth-order valence-corrected chi connectivity index (χ4v) is 2.25. The van der Waals surface area contributed by atoms with E-state index in [4.69, 9.17) is 11.6 Å². The summed E-state index contributed by atoms with van der Waals surface area (Å²) >= 11 is 6.04. The third-order valence-corrected chi connectivity index (χ3v) is 3.52. The summed E-state index contributed by atoms with van der Waals surface area (Å²) in [5.74, 6) is -1.58. The van der Waals surface area contributed by atoms with Gasteiger partial charge in [0.15, 0.2) is 0 Å². The Morgan fingerprint density at radius 3 is 2.60 bits per heavy atom. The van der Waals surface area contributed by atoms with Crippen molar-refractivity contribution in [3.63, 3.8) is 0 Å². The van der Waals surface area contributed by atoms with Gasteiger partial charge >= 0.3 is 0 Å². The molecule has 0 spiro atoms. The van der Waals surface area contributed by atoms with E-state index in [-0.39, 0.29) is 24.2 Å². The number of aromatic nitrogens is 2. The highest BCUT2D eigenvalue weighted by atomic mass is 35.5. The topological polar surface area (TPSA) is 34.9 Å². The Bertz CT molecular complexity index is 667. The van der Waals surface area contributed by atoms with Crippen molar-refractivity contribution in [1.82, 2.24) is 9.78 Å². The molecule has 2 aromatic rings. The summed E-state index contributed by atoms with van der Waals surface area (Å²) in [4.78, 5) is 12.0. The lowest BCUT2D eigenvalue weighted by Gasteiger charge is -2.03. The Hall–Kier alpha value is -1.75. The number of hydrogen-bond donors (Lipinski definition) is 0. The molecular formula is C14H13ClF2N2O. The maximum Gasteiger partial charge on any atom is 0.141 e.